The highest BCUT2D eigenvalue weighted by Crippen LogP contribution is 2.33. The minimum atomic E-state index is 0.513. The Morgan fingerprint density at radius 2 is 1.56 bits per heavy atom. The van der Waals surface area contributed by atoms with Crippen LogP contribution >= 0.6 is 0 Å². The zero-order valence-electron chi connectivity index (χ0n) is 15.0. The molecule has 0 spiro atoms. The van der Waals surface area contributed by atoms with Gasteiger partial charge in [-0.05, 0) is 49.2 Å². The van der Waals surface area contributed by atoms with Crippen LogP contribution in [0.2, 0.25) is 0 Å². The van der Waals surface area contributed by atoms with E-state index in [0.717, 1.165) is 33.9 Å². The van der Waals surface area contributed by atoms with Gasteiger partial charge in [-0.1, -0.05) is 31.0 Å². The van der Waals surface area contributed by atoms with Gasteiger partial charge in [-0.15, -0.1) is 0 Å². The second-order valence-electron chi connectivity index (χ2n) is 6.92. The third-order valence-electron chi connectivity index (χ3n) is 5.18. The van der Waals surface area contributed by atoms with Gasteiger partial charge in [0.15, 0.2) is 5.65 Å². The van der Waals surface area contributed by atoms with Gasteiger partial charge in [0.1, 0.15) is 29.0 Å². The summed E-state index contributed by atoms with van der Waals surface area (Å²) >= 11 is 0. The summed E-state index contributed by atoms with van der Waals surface area (Å²) in [6.45, 7) is 0. The lowest BCUT2D eigenvalue weighted by Gasteiger charge is -2.11. The van der Waals surface area contributed by atoms with E-state index in [0.29, 0.717) is 6.04 Å². The van der Waals surface area contributed by atoms with Crippen molar-refractivity contribution in [3.63, 3.8) is 0 Å². The number of ether oxygens (including phenoxy) is 1. The topological polar surface area (TPSA) is 52.8 Å². The number of hydrogen-bond donors (Lipinski definition) is 0. The quantitative estimate of drug-likeness (QED) is 0.491. The first-order chi connectivity index (χ1) is 13.4. The van der Waals surface area contributed by atoms with Gasteiger partial charge >= 0.3 is 0 Å². The Kier molecular flexibility index (Phi) is 4.05. The maximum absolute atomic E-state index is 5.88. The molecule has 1 fully saturated rings. The molecule has 0 amide bonds. The van der Waals surface area contributed by atoms with Crippen molar-refractivity contribution in [2.45, 2.75) is 31.7 Å². The lowest BCUT2D eigenvalue weighted by Crippen LogP contribution is -2.04. The van der Waals surface area contributed by atoms with Gasteiger partial charge in [0.25, 0.3) is 0 Å². The average molecular weight is 356 g/mol. The lowest BCUT2D eigenvalue weighted by molar-refractivity contribution is 0.483. The molecule has 1 aliphatic carbocycles. The first-order valence-corrected chi connectivity index (χ1v) is 9.39. The smallest absolute Gasteiger partial charge is 0.164 e. The van der Waals surface area contributed by atoms with Crippen LogP contribution in [0.5, 0.6) is 11.5 Å². The van der Waals surface area contributed by atoms with E-state index in [4.69, 9.17) is 4.74 Å². The fraction of sp³-hybridized carbons (Fsp3) is 0.227. The van der Waals surface area contributed by atoms with E-state index in [1.165, 1.54) is 25.7 Å². The zero-order valence-corrected chi connectivity index (χ0v) is 15.0. The van der Waals surface area contributed by atoms with Crippen molar-refractivity contribution in [3.8, 4) is 22.8 Å². The number of aromatic nitrogens is 4. The van der Waals surface area contributed by atoms with Gasteiger partial charge in [0.2, 0.25) is 0 Å². The third-order valence-corrected chi connectivity index (χ3v) is 5.18. The Morgan fingerprint density at radius 3 is 2.33 bits per heavy atom. The molecule has 1 saturated carbocycles. The Balaban J connectivity index is 1.46. The van der Waals surface area contributed by atoms with E-state index in [2.05, 4.69) is 19.5 Å². The highest BCUT2D eigenvalue weighted by molar-refractivity contribution is 5.87. The summed E-state index contributed by atoms with van der Waals surface area (Å²) < 4.78 is 8.10. The van der Waals surface area contributed by atoms with Crippen LogP contribution in [-0.2, 0) is 0 Å². The first-order valence-electron chi connectivity index (χ1n) is 9.39. The molecule has 2 aromatic heterocycles. The highest BCUT2D eigenvalue weighted by atomic mass is 16.5. The van der Waals surface area contributed by atoms with E-state index in [9.17, 15) is 0 Å². The average Bonchev–Trinajstić information content (AvgIpc) is 3.39. The normalized spacial score (nSPS) is 14.7. The van der Waals surface area contributed by atoms with Crippen molar-refractivity contribution >= 4 is 11.2 Å². The molecule has 0 atom stereocenters. The fourth-order valence-electron chi connectivity index (χ4n) is 3.82. The molecule has 0 radical (unpaired) electrons. The second kappa shape index (κ2) is 6.83. The van der Waals surface area contributed by atoms with Crippen molar-refractivity contribution in [2.75, 3.05) is 0 Å². The summed E-state index contributed by atoms with van der Waals surface area (Å²) in [6, 6.07) is 18.3. The number of benzene rings is 2. The summed E-state index contributed by atoms with van der Waals surface area (Å²) in [4.78, 5) is 13.6. The summed E-state index contributed by atoms with van der Waals surface area (Å²) in [6.07, 6.45) is 8.54. The zero-order chi connectivity index (χ0) is 18.1. The fourth-order valence-corrected chi connectivity index (χ4v) is 3.82. The maximum Gasteiger partial charge on any atom is 0.164 e. The number of fused-ring (bicyclic) bond motifs is 1. The predicted octanol–water partition coefficient (Wildman–Crippen LogP) is 5.40. The minimum absolute atomic E-state index is 0.513. The summed E-state index contributed by atoms with van der Waals surface area (Å²) in [5.41, 5.74) is 3.67. The van der Waals surface area contributed by atoms with Crippen molar-refractivity contribution in [3.05, 3.63) is 67.3 Å². The molecule has 0 N–H and O–H groups in total. The van der Waals surface area contributed by atoms with Crippen molar-refractivity contribution in [2.24, 2.45) is 0 Å². The van der Waals surface area contributed by atoms with Crippen LogP contribution in [0.1, 0.15) is 31.7 Å². The lowest BCUT2D eigenvalue weighted by atomic mass is 10.1. The molecule has 2 heterocycles. The van der Waals surface area contributed by atoms with Gasteiger partial charge in [0, 0.05) is 11.6 Å². The van der Waals surface area contributed by atoms with Gasteiger partial charge in [0.05, 0.1) is 6.33 Å². The summed E-state index contributed by atoms with van der Waals surface area (Å²) in [5.74, 6) is 1.62. The largest absolute Gasteiger partial charge is 0.457 e. The van der Waals surface area contributed by atoms with Crippen LogP contribution in [0.3, 0.4) is 0 Å². The molecule has 2 aromatic carbocycles. The van der Waals surface area contributed by atoms with Crippen LogP contribution in [-0.4, -0.2) is 19.5 Å². The molecule has 0 saturated heterocycles. The Labute approximate surface area is 157 Å². The SMILES string of the molecule is c1ccc(Oc2ccc(-c3ncnc4c3ncn4C3CCCC3)cc2)cc1. The van der Waals surface area contributed by atoms with E-state index < -0.39 is 0 Å². The van der Waals surface area contributed by atoms with Gasteiger partial charge in [-0.2, -0.15) is 0 Å². The number of nitrogens with zero attached hydrogens (tertiary/aromatic N) is 4. The molecule has 27 heavy (non-hydrogen) atoms. The van der Waals surface area contributed by atoms with Gasteiger partial charge in [-0.3, -0.25) is 0 Å². The minimum Gasteiger partial charge on any atom is -0.457 e. The number of rotatable bonds is 4. The molecule has 134 valence electrons. The van der Waals surface area contributed by atoms with Crippen LogP contribution in [0.15, 0.2) is 67.3 Å². The molecule has 1 aliphatic rings. The standard InChI is InChI=1S/C22H20N4O/c1-2-8-18(9-3-1)27-19-12-10-16(11-13-19)20-21-22(24-14-23-20)26(15-25-21)17-6-4-5-7-17/h1-3,8-15,17H,4-7H2. The van der Waals surface area contributed by atoms with Crippen molar-refractivity contribution in [1.82, 2.24) is 19.5 Å². The van der Waals surface area contributed by atoms with Gasteiger partial charge < -0.3 is 9.30 Å². The maximum atomic E-state index is 5.88. The predicted molar refractivity (Wildman–Crippen MR) is 105 cm³/mol. The molecule has 0 aliphatic heterocycles. The Bertz CT molecular complexity index is 1050. The Morgan fingerprint density at radius 1 is 0.815 bits per heavy atom. The summed E-state index contributed by atoms with van der Waals surface area (Å²) in [5, 5.41) is 0. The second-order valence-corrected chi connectivity index (χ2v) is 6.92. The summed E-state index contributed by atoms with van der Waals surface area (Å²) in [7, 11) is 0. The monoisotopic (exact) mass is 356 g/mol. The molecule has 5 heteroatoms. The molecular weight excluding hydrogens is 336 g/mol. The molecule has 4 aromatic rings. The number of hydrogen-bond acceptors (Lipinski definition) is 4. The van der Waals surface area contributed by atoms with E-state index in [1.807, 2.05) is 60.9 Å². The van der Waals surface area contributed by atoms with Crippen molar-refractivity contribution in [1.29, 1.82) is 0 Å². The first kappa shape index (κ1) is 16.0. The molecule has 0 bridgehead atoms. The van der Waals surface area contributed by atoms with Crippen LogP contribution in [0, 0.1) is 0 Å². The molecule has 0 unspecified atom stereocenters. The van der Waals surface area contributed by atoms with Crippen LogP contribution < -0.4 is 4.74 Å². The molecular formula is C22H20N4O. The number of para-hydroxylation sites is 1. The van der Waals surface area contributed by atoms with Gasteiger partial charge in [-0.25, -0.2) is 15.0 Å². The van der Waals surface area contributed by atoms with E-state index in [1.54, 1.807) is 6.33 Å². The molecule has 5 nitrogen and oxygen atoms in total. The van der Waals surface area contributed by atoms with E-state index >= 15 is 0 Å². The molecule has 5 rings (SSSR count). The van der Waals surface area contributed by atoms with E-state index in [-0.39, 0.29) is 0 Å². The van der Waals surface area contributed by atoms with Crippen LogP contribution in [0.25, 0.3) is 22.4 Å². The van der Waals surface area contributed by atoms with Crippen molar-refractivity contribution < 1.29 is 4.74 Å². The third kappa shape index (κ3) is 3.05. The highest BCUT2D eigenvalue weighted by Gasteiger charge is 2.21. The Hall–Kier alpha value is -3.21. The number of imidazole rings is 1. The van der Waals surface area contributed by atoms with Crippen LogP contribution in [0.4, 0.5) is 0 Å².